The van der Waals surface area contributed by atoms with Crippen LogP contribution in [0.1, 0.15) is 35.7 Å². The van der Waals surface area contributed by atoms with Crippen LogP contribution in [0, 0.1) is 0 Å². The molecule has 0 saturated carbocycles. The van der Waals surface area contributed by atoms with E-state index in [2.05, 4.69) is 54.2 Å². The van der Waals surface area contributed by atoms with E-state index in [0.717, 1.165) is 0 Å². The second-order valence-corrected chi connectivity index (χ2v) is 5.60. The van der Waals surface area contributed by atoms with Gasteiger partial charge in [-0.3, -0.25) is 0 Å². The average molecular weight is 237 g/mol. The molecular weight excluding hydrogens is 222 g/mol. The molecule has 0 aliphatic rings. The zero-order valence-corrected chi connectivity index (χ0v) is 10.6. The average Bonchev–Trinajstić information content (AvgIpc) is 2.91. The Morgan fingerprint density at radius 2 is 1.40 bits per heavy atom. The molecule has 0 aliphatic carbocycles. The maximum atomic E-state index is 3.61. The first kappa shape index (κ1) is 10.9. The zero-order valence-electron chi connectivity index (χ0n) is 8.94. The maximum Gasteiger partial charge on any atom is 0.0391 e. The first-order valence-electron chi connectivity index (χ1n) is 5.10. The van der Waals surface area contributed by atoms with E-state index in [9.17, 15) is 0 Å². The van der Waals surface area contributed by atoms with E-state index in [4.69, 9.17) is 0 Å². The molecule has 0 aromatic carbocycles. The van der Waals surface area contributed by atoms with E-state index in [-0.39, 0.29) is 0 Å². The summed E-state index contributed by atoms with van der Waals surface area (Å²) in [4.78, 5) is 2.80. The van der Waals surface area contributed by atoms with Crippen molar-refractivity contribution in [2.45, 2.75) is 25.9 Å². The van der Waals surface area contributed by atoms with E-state index in [1.54, 1.807) is 0 Å². The summed E-state index contributed by atoms with van der Waals surface area (Å²) in [7, 11) is 0. The number of rotatable bonds is 4. The lowest BCUT2D eigenvalue weighted by molar-refractivity contribution is 0.506. The van der Waals surface area contributed by atoms with Crippen molar-refractivity contribution < 1.29 is 0 Å². The smallest absolute Gasteiger partial charge is 0.0391 e. The summed E-state index contributed by atoms with van der Waals surface area (Å²) in [6, 6.07) is 9.44. The van der Waals surface area contributed by atoms with Crippen molar-refractivity contribution in [2.75, 3.05) is 0 Å². The summed E-state index contributed by atoms with van der Waals surface area (Å²) < 4.78 is 0. The van der Waals surface area contributed by atoms with Gasteiger partial charge in [0.15, 0.2) is 0 Å². The largest absolute Gasteiger partial charge is 0.302 e. The van der Waals surface area contributed by atoms with Crippen LogP contribution in [-0.2, 0) is 0 Å². The van der Waals surface area contributed by atoms with Crippen molar-refractivity contribution in [3.05, 3.63) is 44.8 Å². The van der Waals surface area contributed by atoms with Gasteiger partial charge in [0.05, 0.1) is 0 Å². The Labute approximate surface area is 98.8 Å². The van der Waals surface area contributed by atoms with E-state index in [1.165, 1.54) is 9.75 Å². The molecule has 0 radical (unpaired) electrons. The van der Waals surface area contributed by atoms with Crippen LogP contribution in [-0.4, -0.2) is 0 Å². The third-order valence-electron chi connectivity index (χ3n) is 2.44. The van der Waals surface area contributed by atoms with Crippen molar-refractivity contribution >= 4 is 22.7 Å². The Bertz CT molecular complexity index is 339. The predicted octanol–water partition coefficient (Wildman–Crippen LogP) is 4.22. The summed E-state index contributed by atoms with van der Waals surface area (Å²) in [5.41, 5.74) is 0. The summed E-state index contributed by atoms with van der Waals surface area (Å²) in [6.07, 6.45) is 0. The molecule has 2 aromatic rings. The van der Waals surface area contributed by atoms with Crippen LogP contribution in [0.15, 0.2) is 35.0 Å². The van der Waals surface area contributed by atoms with Gasteiger partial charge in [-0.05, 0) is 36.7 Å². The van der Waals surface area contributed by atoms with Crippen LogP contribution in [0.3, 0.4) is 0 Å². The Kier molecular flexibility index (Phi) is 3.57. The molecule has 0 spiro atoms. The summed E-state index contributed by atoms with van der Waals surface area (Å²) in [6.45, 7) is 4.44. The lowest BCUT2D eigenvalue weighted by atomic mass is 10.2. The second-order valence-electron chi connectivity index (χ2n) is 3.64. The molecule has 1 unspecified atom stereocenters. The molecule has 0 saturated heterocycles. The van der Waals surface area contributed by atoms with Crippen molar-refractivity contribution in [1.29, 1.82) is 0 Å². The lowest BCUT2D eigenvalue weighted by Crippen LogP contribution is -2.20. The van der Waals surface area contributed by atoms with Gasteiger partial charge in [-0.25, -0.2) is 0 Å². The normalized spacial score (nSPS) is 15.1. The fraction of sp³-hybridized carbons (Fsp3) is 0.333. The van der Waals surface area contributed by atoms with Gasteiger partial charge in [0.2, 0.25) is 0 Å². The molecule has 2 atom stereocenters. The van der Waals surface area contributed by atoms with Crippen LogP contribution in [0.4, 0.5) is 0 Å². The van der Waals surface area contributed by atoms with Crippen LogP contribution in [0.2, 0.25) is 0 Å². The van der Waals surface area contributed by atoms with Gasteiger partial charge >= 0.3 is 0 Å². The third kappa shape index (κ3) is 2.68. The number of thiophene rings is 2. The number of nitrogens with one attached hydrogen (secondary N) is 1. The van der Waals surface area contributed by atoms with Gasteiger partial charge < -0.3 is 5.32 Å². The summed E-state index contributed by atoms with van der Waals surface area (Å²) >= 11 is 3.62. The maximum absolute atomic E-state index is 3.61. The molecule has 1 N–H and O–H groups in total. The van der Waals surface area contributed by atoms with Crippen LogP contribution >= 0.6 is 22.7 Å². The third-order valence-corrected chi connectivity index (χ3v) is 4.55. The van der Waals surface area contributed by atoms with Gasteiger partial charge in [0.1, 0.15) is 0 Å². The van der Waals surface area contributed by atoms with Crippen LogP contribution < -0.4 is 5.32 Å². The van der Waals surface area contributed by atoms with Gasteiger partial charge in [-0.15, -0.1) is 22.7 Å². The van der Waals surface area contributed by atoms with E-state index in [0.29, 0.717) is 12.1 Å². The minimum atomic E-state index is 0.432. The summed E-state index contributed by atoms with van der Waals surface area (Å²) in [5.74, 6) is 0. The molecule has 2 heterocycles. The van der Waals surface area contributed by atoms with E-state index >= 15 is 0 Å². The molecular formula is C12H15NS2. The van der Waals surface area contributed by atoms with Crippen molar-refractivity contribution in [3.63, 3.8) is 0 Å². The number of hydrogen-bond donors (Lipinski definition) is 1. The molecule has 0 aliphatic heterocycles. The molecule has 0 fully saturated rings. The molecule has 1 nitrogen and oxygen atoms in total. The molecule has 0 bridgehead atoms. The highest BCUT2D eigenvalue weighted by Gasteiger charge is 2.11. The molecule has 2 aromatic heterocycles. The quantitative estimate of drug-likeness (QED) is 0.839. The van der Waals surface area contributed by atoms with E-state index < -0.39 is 0 Å². The van der Waals surface area contributed by atoms with Crippen molar-refractivity contribution in [3.8, 4) is 0 Å². The Morgan fingerprint density at radius 1 is 0.933 bits per heavy atom. The van der Waals surface area contributed by atoms with Gasteiger partial charge in [-0.2, -0.15) is 0 Å². The van der Waals surface area contributed by atoms with Gasteiger partial charge in [0.25, 0.3) is 0 Å². The minimum Gasteiger partial charge on any atom is -0.302 e. The SMILES string of the molecule is CC(N[C@@H](C)c1cccs1)c1cccs1. The number of hydrogen-bond acceptors (Lipinski definition) is 3. The van der Waals surface area contributed by atoms with Gasteiger partial charge in [0, 0.05) is 21.8 Å². The lowest BCUT2D eigenvalue weighted by Gasteiger charge is -2.17. The fourth-order valence-electron chi connectivity index (χ4n) is 1.61. The molecule has 80 valence electrons. The Morgan fingerprint density at radius 3 is 1.73 bits per heavy atom. The second kappa shape index (κ2) is 4.92. The van der Waals surface area contributed by atoms with Crippen LogP contribution in [0.5, 0.6) is 0 Å². The molecule has 2 rings (SSSR count). The zero-order chi connectivity index (χ0) is 10.7. The Hall–Kier alpha value is -0.640. The highest BCUT2D eigenvalue weighted by molar-refractivity contribution is 7.10. The minimum absolute atomic E-state index is 0.432. The first-order chi connectivity index (χ1) is 7.27. The molecule has 3 heteroatoms. The topological polar surface area (TPSA) is 12.0 Å². The highest BCUT2D eigenvalue weighted by atomic mass is 32.1. The molecule has 0 amide bonds. The van der Waals surface area contributed by atoms with Crippen molar-refractivity contribution in [2.24, 2.45) is 0 Å². The fourth-order valence-corrected chi connectivity index (χ4v) is 3.10. The monoisotopic (exact) mass is 237 g/mol. The highest BCUT2D eigenvalue weighted by Crippen LogP contribution is 2.24. The standard InChI is InChI=1S/C12H15NS2/c1-9(11-5-3-7-14-11)13-10(2)12-6-4-8-15-12/h3-10,13H,1-2H3/t9-,10?/m0/s1. The summed E-state index contributed by atoms with van der Waals surface area (Å²) in [5, 5.41) is 7.86. The Balaban J connectivity index is 1.98. The first-order valence-corrected chi connectivity index (χ1v) is 6.86. The molecule has 15 heavy (non-hydrogen) atoms. The van der Waals surface area contributed by atoms with Crippen LogP contribution in [0.25, 0.3) is 0 Å². The van der Waals surface area contributed by atoms with Crippen molar-refractivity contribution in [1.82, 2.24) is 5.32 Å². The van der Waals surface area contributed by atoms with Gasteiger partial charge in [-0.1, -0.05) is 12.1 Å². The predicted molar refractivity (Wildman–Crippen MR) is 68.6 cm³/mol. The van der Waals surface area contributed by atoms with E-state index in [1.807, 2.05) is 22.7 Å².